The van der Waals surface area contributed by atoms with Crippen molar-refractivity contribution in [3.8, 4) is 0 Å². The van der Waals surface area contributed by atoms with E-state index in [4.69, 9.17) is 9.47 Å². The summed E-state index contributed by atoms with van der Waals surface area (Å²) >= 11 is 0. The van der Waals surface area contributed by atoms with Crippen LogP contribution in [0.5, 0.6) is 0 Å². The van der Waals surface area contributed by atoms with E-state index in [-0.39, 0.29) is 17.3 Å². The molecule has 96 valence electrons. The van der Waals surface area contributed by atoms with Gasteiger partial charge in [0.15, 0.2) is 5.78 Å². The first-order valence-electron chi connectivity index (χ1n) is 6.45. The molecule has 4 heteroatoms. The average Bonchev–Trinajstić information content (AvgIpc) is 2.87. The quantitative estimate of drug-likeness (QED) is 0.748. The van der Waals surface area contributed by atoms with Gasteiger partial charge in [0.1, 0.15) is 0 Å². The maximum atomic E-state index is 12.4. The van der Waals surface area contributed by atoms with Crippen molar-refractivity contribution < 1.29 is 14.3 Å². The molecule has 2 atom stereocenters. The van der Waals surface area contributed by atoms with E-state index < -0.39 is 0 Å². The summed E-state index contributed by atoms with van der Waals surface area (Å²) in [6.07, 6.45) is 5.82. The Bertz CT molecular complexity index is 426. The van der Waals surface area contributed by atoms with E-state index in [0.717, 1.165) is 25.9 Å². The number of Topliss-reactive ketones (excluding diaryl/α,β-unsaturated/α-hetero) is 1. The van der Waals surface area contributed by atoms with Crippen LogP contribution in [0, 0.1) is 5.92 Å². The molecule has 2 fully saturated rings. The number of rotatable bonds is 2. The highest BCUT2D eigenvalue weighted by Gasteiger charge is 2.42. The highest BCUT2D eigenvalue weighted by Crippen LogP contribution is 2.36. The highest BCUT2D eigenvalue weighted by molar-refractivity contribution is 5.97. The van der Waals surface area contributed by atoms with Crippen LogP contribution in [0.3, 0.4) is 0 Å². The van der Waals surface area contributed by atoms with Crippen LogP contribution in [0.2, 0.25) is 0 Å². The minimum atomic E-state index is -0.208. The molecule has 2 aliphatic rings. The zero-order chi connectivity index (χ0) is 12.4. The second-order valence-electron chi connectivity index (χ2n) is 5.13. The van der Waals surface area contributed by atoms with Gasteiger partial charge in [-0.25, -0.2) is 0 Å². The molecule has 0 amide bonds. The van der Waals surface area contributed by atoms with E-state index in [1.807, 2.05) is 6.07 Å². The number of pyridine rings is 1. The lowest BCUT2D eigenvalue weighted by atomic mass is 9.81. The Hall–Kier alpha value is -1.26. The molecule has 3 heterocycles. The zero-order valence-electron chi connectivity index (χ0n) is 10.3. The van der Waals surface area contributed by atoms with Crippen LogP contribution in [-0.2, 0) is 9.47 Å². The van der Waals surface area contributed by atoms with Gasteiger partial charge in [-0.05, 0) is 25.0 Å². The van der Waals surface area contributed by atoms with Crippen LogP contribution in [0.25, 0.3) is 0 Å². The number of aromatic nitrogens is 1. The Morgan fingerprint density at radius 3 is 3.11 bits per heavy atom. The predicted molar refractivity (Wildman–Crippen MR) is 65.4 cm³/mol. The molecule has 1 aromatic heterocycles. The lowest BCUT2D eigenvalue weighted by Gasteiger charge is -2.36. The number of carbonyl (C=O) groups excluding carboxylic acids is 1. The first kappa shape index (κ1) is 11.8. The van der Waals surface area contributed by atoms with E-state index in [2.05, 4.69) is 4.98 Å². The van der Waals surface area contributed by atoms with Crippen molar-refractivity contribution in [2.24, 2.45) is 5.92 Å². The lowest BCUT2D eigenvalue weighted by molar-refractivity contribution is -0.0920. The summed E-state index contributed by atoms with van der Waals surface area (Å²) in [6, 6.07) is 3.64. The number of ether oxygens (including phenoxy) is 2. The zero-order valence-corrected chi connectivity index (χ0v) is 10.3. The van der Waals surface area contributed by atoms with E-state index in [0.29, 0.717) is 18.8 Å². The van der Waals surface area contributed by atoms with Crippen LogP contribution in [0.15, 0.2) is 24.5 Å². The van der Waals surface area contributed by atoms with Crippen molar-refractivity contribution in [2.75, 3.05) is 19.8 Å². The Morgan fingerprint density at radius 1 is 1.44 bits per heavy atom. The maximum absolute atomic E-state index is 12.4. The number of carbonyl (C=O) groups is 1. The summed E-state index contributed by atoms with van der Waals surface area (Å²) < 4.78 is 11.3. The van der Waals surface area contributed by atoms with Gasteiger partial charge >= 0.3 is 0 Å². The number of hydrogen-bond donors (Lipinski definition) is 0. The third kappa shape index (κ3) is 2.18. The van der Waals surface area contributed by atoms with Gasteiger partial charge in [0.05, 0.1) is 12.2 Å². The van der Waals surface area contributed by atoms with Crippen molar-refractivity contribution in [1.82, 2.24) is 4.98 Å². The number of hydrogen-bond acceptors (Lipinski definition) is 4. The summed E-state index contributed by atoms with van der Waals surface area (Å²) in [5.41, 5.74) is 0.499. The molecule has 1 spiro atoms. The predicted octanol–water partition coefficient (Wildman–Crippen LogP) is 1.85. The minimum absolute atomic E-state index is 0.0460. The summed E-state index contributed by atoms with van der Waals surface area (Å²) in [5, 5.41) is 0. The van der Waals surface area contributed by atoms with Gasteiger partial charge in [0.25, 0.3) is 0 Å². The van der Waals surface area contributed by atoms with Crippen molar-refractivity contribution in [3.05, 3.63) is 30.1 Å². The second-order valence-corrected chi connectivity index (χ2v) is 5.13. The third-order valence-corrected chi connectivity index (χ3v) is 3.88. The molecule has 3 rings (SSSR count). The number of ketones is 1. The molecule has 2 unspecified atom stereocenters. The second kappa shape index (κ2) is 4.78. The molecule has 1 aromatic rings. The number of nitrogens with zero attached hydrogens (tertiary/aromatic N) is 1. The average molecular weight is 247 g/mol. The molecule has 0 aliphatic carbocycles. The molecular formula is C14H17NO3. The smallest absolute Gasteiger partial charge is 0.167 e. The minimum Gasteiger partial charge on any atom is -0.378 e. The van der Waals surface area contributed by atoms with Gasteiger partial charge in [-0.1, -0.05) is 0 Å². The molecule has 0 bridgehead atoms. The Kier molecular flexibility index (Phi) is 3.14. The van der Waals surface area contributed by atoms with Gasteiger partial charge < -0.3 is 9.47 Å². The van der Waals surface area contributed by atoms with Crippen LogP contribution in [0.4, 0.5) is 0 Å². The lowest BCUT2D eigenvalue weighted by Crippen LogP contribution is -2.42. The van der Waals surface area contributed by atoms with Crippen molar-refractivity contribution in [3.63, 3.8) is 0 Å². The SMILES string of the molecule is O=C(c1cccnc1)C1CCOC2(CCOC2)C1. The van der Waals surface area contributed by atoms with Crippen molar-refractivity contribution >= 4 is 5.78 Å². The van der Waals surface area contributed by atoms with E-state index in [9.17, 15) is 4.79 Å². The first-order valence-corrected chi connectivity index (χ1v) is 6.45. The maximum Gasteiger partial charge on any atom is 0.167 e. The first-order chi connectivity index (χ1) is 8.79. The molecule has 18 heavy (non-hydrogen) atoms. The van der Waals surface area contributed by atoms with Gasteiger partial charge in [-0.2, -0.15) is 0 Å². The van der Waals surface area contributed by atoms with Crippen LogP contribution < -0.4 is 0 Å². The van der Waals surface area contributed by atoms with Crippen molar-refractivity contribution in [2.45, 2.75) is 24.9 Å². The fourth-order valence-electron chi connectivity index (χ4n) is 2.86. The van der Waals surface area contributed by atoms with Crippen LogP contribution >= 0.6 is 0 Å². The highest BCUT2D eigenvalue weighted by atomic mass is 16.6. The Morgan fingerprint density at radius 2 is 2.39 bits per heavy atom. The molecule has 0 N–H and O–H groups in total. The van der Waals surface area contributed by atoms with Crippen LogP contribution in [0.1, 0.15) is 29.6 Å². The fraction of sp³-hybridized carbons (Fsp3) is 0.571. The third-order valence-electron chi connectivity index (χ3n) is 3.88. The van der Waals surface area contributed by atoms with Gasteiger partial charge in [0.2, 0.25) is 0 Å². The molecule has 4 nitrogen and oxygen atoms in total. The standard InChI is InChI=1S/C14H17NO3/c16-13(12-2-1-5-15-9-12)11-3-6-18-14(8-11)4-7-17-10-14/h1-2,5,9,11H,3-4,6-8,10H2. The Labute approximate surface area is 106 Å². The van der Waals surface area contributed by atoms with Crippen molar-refractivity contribution in [1.29, 1.82) is 0 Å². The van der Waals surface area contributed by atoms with E-state index >= 15 is 0 Å². The summed E-state index contributed by atoms with van der Waals surface area (Å²) in [4.78, 5) is 16.4. The molecular weight excluding hydrogens is 230 g/mol. The summed E-state index contributed by atoms with van der Waals surface area (Å²) in [6.45, 7) is 2.03. The molecule has 2 saturated heterocycles. The fourth-order valence-corrected chi connectivity index (χ4v) is 2.86. The normalized spacial score (nSPS) is 31.7. The molecule has 2 aliphatic heterocycles. The largest absolute Gasteiger partial charge is 0.378 e. The van der Waals surface area contributed by atoms with E-state index in [1.54, 1.807) is 18.5 Å². The Balaban J connectivity index is 1.74. The van der Waals surface area contributed by atoms with E-state index in [1.165, 1.54) is 0 Å². The van der Waals surface area contributed by atoms with Gasteiger partial charge in [-0.3, -0.25) is 9.78 Å². The van der Waals surface area contributed by atoms with Gasteiger partial charge in [-0.15, -0.1) is 0 Å². The summed E-state index contributed by atoms with van der Waals surface area (Å²) in [5.74, 6) is 0.238. The topological polar surface area (TPSA) is 48.4 Å². The molecule has 0 radical (unpaired) electrons. The molecule has 0 aromatic carbocycles. The van der Waals surface area contributed by atoms with Gasteiger partial charge in [0, 0.05) is 43.5 Å². The summed E-state index contributed by atoms with van der Waals surface area (Å²) in [7, 11) is 0. The monoisotopic (exact) mass is 247 g/mol. The van der Waals surface area contributed by atoms with Crippen LogP contribution in [-0.4, -0.2) is 36.2 Å². The molecule has 0 saturated carbocycles.